The van der Waals surface area contributed by atoms with Gasteiger partial charge in [-0.2, -0.15) is 0 Å². The van der Waals surface area contributed by atoms with Crippen LogP contribution in [0.15, 0.2) is 29.2 Å². The molecule has 1 atom stereocenters. The van der Waals surface area contributed by atoms with Gasteiger partial charge >= 0.3 is 0 Å². The Hall–Kier alpha value is -0.580. The molecule has 84 valence electrons. The summed E-state index contributed by atoms with van der Waals surface area (Å²) in [6, 6.07) is 6.60. The predicted molar refractivity (Wildman–Crippen MR) is 61.5 cm³/mol. The van der Waals surface area contributed by atoms with Crippen molar-refractivity contribution in [2.24, 2.45) is 5.73 Å². The summed E-state index contributed by atoms with van der Waals surface area (Å²) < 4.78 is 21.9. The van der Waals surface area contributed by atoms with Crippen LogP contribution in [-0.4, -0.2) is 14.5 Å². The molecular weight excluding hydrogens is 234 g/mol. The van der Waals surface area contributed by atoms with Crippen molar-refractivity contribution < 1.29 is 8.42 Å². The first-order valence-corrected chi connectivity index (χ1v) is 7.03. The highest BCUT2D eigenvalue weighted by molar-refractivity contribution is 8.13. The predicted octanol–water partition coefficient (Wildman–Crippen LogP) is 1.89. The third kappa shape index (κ3) is 3.81. The molecular formula is C10H14ClNO2S. The maximum absolute atomic E-state index is 11.0. The van der Waals surface area contributed by atoms with E-state index in [2.05, 4.69) is 0 Å². The van der Waals surface area contributed by atoms with E-state index in [1.54, 1.807) is 12.1 Å². The van der Waals surface area contributed by atoms with Crippen LogP contribution in [0.5, 0.6) is 0 Å². The van der Waals surface area contributed by atoms with Crippen molar-refractivity contribution in [2.45, 2.75) is 30.7 Å². The van der Waals surface area contributed by atoms with E-state index in [9.17, 15) is 8.42 Å². The van der Waals surface area contributed by atoms with Crippen LogP contribution >= 0.6 is 10.7 Å². The van der Waals surface area contributed by atoms with Crippen LogP contribution in [0, 0.1) is 0 Å². The smallest absolute Gasteiger partial charge is 0.261 e. The summed E-state index contributed by atoms with van der Waals surface area (Å²) in [4.78, 5) is 0.123. The van der Waals surface area contributed by atoms with Crippen LogP contribution in [0.1, 0.15) is 18.9 Å². The topological polar surface area (TPSA) is 60.2 Å². The molecule has 0 spiro atoms. The summed E-state index contributed by atoms with van der Waals surface area (Å²) in [5, 5.41) is 0. The lowest BCUT2D eigenvalue weighted by atomic mass is 10.1. The van der Waals surface area contributed by atoms with Crippen molar-refractivity contribution in [1.82, 2.24) is 0 Å². The Kier molecular flexibility index (Phi) is 4.13. The first-order valence-electron chi connectivity index (χ1n) is 4.72. The van der Waals surface area contributed by atoms with Gasteiger partial charge in [0.25, 0.3) is 9.05 Å². The molecule has 3 nitrogen and oxygen atoms in total. The SMILES string of the molecule is CCC(N)Cc1ccc(S(=O)(=O)Cl)cc1. The molecule has 1 aromatic carbocycles. The highest BCUT2D eigenvalue weighted by Crippen LogP contribution is 2.16. The lowest BCUT2D eigenvalue weighted by Gasteiger charge is -2.08. The molecule has 0 fully saturated rings. The van der Waals surface area contributed by atoms with E-state index in [0.29, 0.717) is 0 Å². The number of hydrogen-bond acceptors (Lipinski definition) is 3. The summed E-state index contributed by atoms with van der Waals surface area (Å²) in [6.45, 7) is 2.02. The lowest BCUT2D eigenvalue weighted by molar-refractivity contribution is 0.609. The van der Waals surface area contributed by atoms with Crippen LogP contribution in [0.3, 0.4) is 0 Å². The minimum Gasteiger partial charge on any atom is -0.327 e. The van der Waals surface area contributed by atoms with Crippen LogP contribution in [-0.2, 0) is 15.5 Å². The standard InChI is InChI=1S/C10H14ClNO2S/c1-2-9(12)7-8-3-5-10(6-4-8)15(11,13)14/h3-6,9H,2,7,12H2,1H3. The van der Waals surface area contributed by atoms with E-state index in [4.69, 9.17) is 16.4 Å². The van der Waals surface area contributed by atoms with Gasteiger partial charge in [-0.3, -0.25) is 0 Å². The Bertz CT molecular complexity index is 414. The van der Waals surface area contributed by atoms with Crippen LogP contribution < -0.4 is 5.73 Å². The van der Waals surface area contributed by atoms with Gasteiger partial charge in [0.15, 0.2) is 0 Å². The minimum atomic E-state index is -3.61. The Morgan fingerprint density at radius 3 is 2.27 bits per heavy atom. The van der Waals surface area contributed by atoms with E-state index >= 15 is 0 Å². The Balaban J connectivity index is 2.82. The summed E-state index contributed by atoms with van der Waals surface area (Å²) in [6.07, 6.45) is 1.65. The molecule has 15 heavy (non-hydrogen) atoms. The average molecular weight is 248 g/mol. The Morgan fingerprint density at radius 1 is 1.33 bits per heavy atom. The van der Waals surface area contributed by atoms with Crippen molar-refractivity contribution in [3.8, 4) is 0 Å². The second kappa shape index (κ2) is 4.96. The van der Waals surface area contributed by atoms with Crippen LogP contribution in [0.25, 0.3) is 0 Å². The Morgan fingerprint density at radius 2 is 1.87 bits per heavy atom. The van der Waals surface area contributed by atoms with Crippen molar-refractivity contribution in [2.75, 3.05) is 0 Å². The number of rotatable bonds is 4. The summed E-state index contributed by atoms with van der Waals surface area (Å²) in [7, 11) is 1.58. The van der Waals surface area contributed by atoms with Crippen molar-refractivity contribution in [1.29, 1.82) is 0 Å². The molecule has 0 heterocycles. The maximum atomic E-state index is 11.0. The fourth-order valence-corrected chi connectivity index (χ4v) is 2.00. The second-order valence-electron chi connectivity index (χ2n) is 3.45. The molecule has 0 amide bonds. The van der Waals surface area contributed by atoms with Crippen molar-refractivity contribution in [3.05, 3.63) is 29.8 Å². The fraction of sp³-hybridized carbons (Fsp3) is 0.400. The quantitative estimate of drug-likeness (QED) is 0.827. The van der Waals surface area contributed by atoms with Crippen LogP contribution in [0.2, 0.25) is 0 Å². The minimum absolute atomic E-state index is 0.114. The molecule has 0 bridgehead atoms. The first-order chi connectivity index (χ1) is 6.93. The molecule has 0 radical (unpaired) electrons. The Labute approximate surface area is 94.7 Å². The molecule has 0 aliphatic rings. The third-order valence-corrected chi connectivity index (χ3v) is 3.60. The zero-order valence-electron chi connectivity index (χ0n) is 8.48. The van der Waals surface area contributed by atoms with Crippen molar-refractivity contribution >= 4 is 19.7 Å². The van der Waals surface area contributed by atoms with Gasteiger partial charge in [0.2, 0.25) is 0 Å². The molecule has 1 unspecified atom stereocenters. The van der Waals surface area contributed by atoms with E-state index in [-0.39, 0.29) is 10.9 Å². The van der Waals surface area contributed by atoms with Gasteiger partial charge in [-0.1, -0.05) is 19.1 Å². The van der Waals surface area contributed by atoms with Crippen LogP contribution in [0.4, 0.5) is 0 Å². The summed E-state index contributed by atoms with van der Waals surface area (Å²) in [5.41, 5.74) is 6.81. The largest absolute Gasteiger partial charge is 0.327 e. The second-order valence-corrected chi connectivity index (χ2v) is 6.02. The molecule has 5 heteroatoms. The molecule has 0 aromatic heterocycles. The molecule has 0 saturated heterocycles. The third-order valence-electron chi connectivity index (χ3n) is 2.23. The van der Waals surface area contributed by atoms with E-state index in [1.807, 2.05) is 6.92 Å². The number of hydrogen-bond donors (Lipinski definition) is 1. The van der Waals surface area contributed by atoms with E-state index in [0.717, 1.165) is 18.4 Å². The monoisotopic (exact) mass is 247 g/mol. The zero-order valence-corrected chi connectivity index (χ0v) is 10.1. The zero-order chi connectivity index (χ0) is 11.5. The summed E-state index contributed by atoms with van der Waals surface area (Å²) in [5.74, 6) is 0. The average Bonchev–Trinajstić information content (AvgIpc) is 2.17. The normalized spacial score (nSPS) is 13.8. The van der Waals surface area contributed by atoms with Gasteiger partial charge < -0.3 is 5.73 Å². The molecule has 1 aromatic rings. The fourth-order valence-electron chi connectivity index (χ4n) is 1.24. The molecule has 0 saturated carbocycles. The molecule has 2 N–H and O–H groups in total. The molecule has 1 rings (SSSR count). The number of nitrogens with two attached hydrogens (primary N) is 1. The molecule has 0 aliphatic heterocycles. The maximum Gasteiger partial charge on any atom is 0.261 e. The molecule has 0 aliphatic carbocycles. The van der Waals surface area contributed by atoms with Gasteiger partial charge in [-0.15, -0.1) is 0 Å². The van der Waals surface area contributed by atoms with E-state index in [1.165, 1.54) is 12.1 Å². The lowest BCUT2D eigenvalue weighted by Crippen LogP contribution is -2.21. The number of halogens is 1. The van der Waals surface area contributed by atoms with Gasteiger partial charge in [0, 0.05) is 16.7 Å². The van der Waals surface area contributed by atoms with Gasteiger partial charge in [0.1, 0.15) is 0 Å². The highest BCUT2D eigenvalue weighted by atomic mass is 35.7. The first kappa shape index (κ1) is 12.5. The summed E-state index contributed by atoms with van der Waals surface area (Å²) >= 11 is 0. The van der Waals surface area contributed by atoms with E-state index < -0.39 is 9.05 Å². The van der Waals surface area contributed by atoms with Gasteiger partial charge in [-0.25, -0.2) is 8.42 Å². The van der Waals surface area contributed by atoms with Crippen molar-refractivity contribution in [3.63, 3.8) is 0 Å². The number of benzene rings is 1. The van der Waals surface area contributed by atoms with Gasteiger partial charge in [-0.05, 0) is 30.5 Å². The van der Waals surface area contributed by atoms with Gasteiger partial charge in [0.05, 0.1) is 4.90 Å². The highest BCUT2D eigenvalue weighted by Gasteiger charge is 2.09.